The molecule has 0 spiro atoms. The van der Waals surface area contributed by atoms with Crippen LogP contribution in [0.25, 0.3) is 0 Å². The van der Waals surface area contributed by atoms with Crippen molar-refractivity contribution >= 4 is 11.9 Å². The predicted molar refractivity (Wildman–Crippen MR) is 73.7 cm³/mol. The van der Waals surface area contributed by atoms with Gasteiger partial charge in [-0.05, 0) is 32.6 Å². The molecule has 0 radical (unpaired) electrons. The first-order valence-electron chi connectivity index (χ1n) is 6.99. The summed E-state index contributed by atoms with van der Waals surface area (Å²) in [4.78, 5) is 13.7. The fourth-order valence-corrected chi connectivity index (χ4v) is 2.65. The molecule has 5 heteroatoms. The summed E-state index contributed by atoms with van der Waals surface area (Å²) < 4.78 is 0. The Morgan fingerprint density at radius 1 is 1.33 bits per heavy atom. The van der Waals surface area contributed by atoms with E-state index in [1.165, 1.54) is 19.3 Å². The van der Waals surface area contributed by atoms with E-state index < -0.39 is 0 Å². The normalized spacial score (nSPS) is 18.1. The van der Waals surface area contributed by atoms with E-state index in [0.29, 0.717) is 19.0 Å². The summed E-state index contributed by atoms with van der Waals surface area (Å²) in [6.45, 7) is 5.26. The van der Waals surface area contributed by atoms with E-state index >= 15 is 0 Å². The molecule has 104 valence electrons. The number of rotatable bonds is 5. The second-order valence-corrected chi connectivity index (χ2v) is 4.95. The molecule has 1 saturated carbocycles. The van der Waals surface area contributed by atoms with Crippen LogP contribution in [-0.4, -0.2) is 35.9 Å². The highest BCUT2D eigenvalue weighted by molar-refractivity contribution is 5.88. The van der Waals surface area contributed by atoms with E-state index in [1.807, 2.05) is 13.8 Å². The number of carbonyl (C=O) groups is 1. The third-order valence-electron chi connectivity index (χ3n) is 3.79. The van der Waals surface area contributed by atoms with Crippen molar-refractivity contribution in [3.8, 4) is 0 Å². The van der Waals surface area contributed by atoms with Gasteiger partial charge in [0, 0.05) is 13.1 Å². The summed E-state index contributed by atoms with van der Waals surface area (Å²) in [5.74, 6) is 0.415. The minimum atomic E-state index is -0.293. The Labute approximate surface area is 110 Å². The SMILES string of the molecule is CCN(CC)C(=O)NC(C(=N)N)C1CCCCC1. The van der Waals surface area contributed by atoms with Crippen LogP contribution in [0.2, 0.25) is 0 Å². The lowest BCUT2D eigenvalue weighted by Crippen LogP contribution is -2.53. The molecule has 0 saturated heterocycles. The van der Waals surface area contributed by atoms with Gasteiger partial charge in [-0.25, -0.2) is 4.79 Å². The van der Waals surface area contributed by atoms with Crippen LogP contribution >= 0.6 is 0 Å². The number of amides is 2. The minimum absolute atomic E-state index is 0.0856. The lowest BCUT2D eigenvalue weighted by Gasteiger charge is -2.31. The topological polar surface area (TPSA) is 82.2 Å². The summed E-state index contributed by atoms with van der Waals surface area (Å²) in [7, 11) is 0. The summed E-state index contributed by atoms with van der Waals surface area (Å²) in [6.07, 6.45) is 5.72. The van der Waals surface area contributed by atoms with Crippen molar-refractivity contribution in [3.63, 3.8) is 0 Å². The van der Waals surface area contributed by atoms with Gasteiger partial charge in [0.05, 0.1) is 6.04 Å². The maximum atomic E-state index is 12.0. The molecular formula is C13H26N4O. The Balaban J connectivity index is 2.62. The fourth-order valence-electron chi connectivity index (χ4n) is 2.65. The van der Waals surface area contributed by atoms with E-state index in [2.05, 4.69) is 5.32 Å². The maximum Gasteiger partial charge on any atom is 0.317 e. The smallest absolute Gasteiger partial charge is 0.317 e. The molecule has 0 heterocycles. The average Bonchev–Trinajstić information content (AvgIpc) is 2.38. The van der Waals surface area contributed by atoms with Crippen molar-refractivity contribution in [2.24, 2.45) is 11.7 Å². The standard InChI is InChI=1S/C13H26N4O/c1-3-17(4-2)13(18)16-11(12(14)15)10-8-6-5-7-9-10/h10-11H,3-9H2,1-2H3,(H3,14,15)(H,16,18). The van der Waals surface area contributed by atoms with Crippen LogP contribution in [0.15, 0.2) is 0 Å². The lowest BCUT2D eigenvalue weighted by atomic mass is 9.83. The Morgan fingerprint density at radius 3 is 2.33 bits per heavy atom. The molecule has 0 aromatic carbocycles. The van der Waals surface area contributed by atoms with Gasteiger partial charge in [0.25, 0.3) is 0 Å². The zero-order chi connectivity index (χ0) is 13.5. The van der Waals surface area contributed by atoms with Crippen LogP contribution in [0, 0.1) is 11.3 Å². The number of nitrogens with two attached hydrogens (primary N) is 1. The van der Waals surface area contributed by atoms with Gasteiger partial charge in [-0.3, -0.25) is 5.41 Å². The van der Waals surface area contributed by atoms with Crippen LogP contribution in [0.1, 0.15) is 46.0 Å². The van der Waals surface area contributed by atoms with Crippen LogP contribution in [0.3, 0.4) is 0 Å². The highest BCUT2D eigenvalue weighted by Gasteiger charge is 2.28. The second kappa shape index (κ2) is 7.24. The van der Waals surface area contributed by atoms with Gasteiger partial charge in [0.2, 0.25) is 0 Å². The predicted octanol–water partition coefficient (Wildman–Crippen LogP) is 1.92. The summed E-state index contributed by atoms with van der Waals surface area (Å²) >= 11 is 0. The van der Waals surface area contributed by atoms with E-state index in [1.54, 1.807) is 4.90 Å². The summed E-state index contributed by atoms with van der Waals surface area (Å²) in [6, 6.07) is -0.399. The third kappa shape index (κ3) is 3.89. The molecule has 0 aromatic rings. The first-order chi connectivity index (χ1) is 8.60. The van der Waals surface area contributed by atoms with Crippen molar-refractivity contribution in [1.82, 2.24) is 10.2 Å². The lowest BCUT2D eigenvalue weighted by molar-refractivity contribution is 0.195. The van der Waals surface area contributed by atoms with Gasteiger partial charge in [-0.15, -0.1) is 0 Å². The molecule has 1 rings (SSSR count). The van der Waals surface area contributed by atoms with Gasteiger partial charge >= 0.3 is 6.03 Å². The van der Waals surface area contributed by atoms with Crippen molar-refractivity contribution in [2.75, 3.05) is 13.1 Å². The largest absolute Gasteiger partial charge is 0.386 e. The third-order valence-corrected chi connectivity index (χ3v) is 3.79. The number of hydrogen-bond donors (Lipinski definition) is 3. The Bertz CT molecular complexity index is 283. The van der Waals surface area contributed by atoms with Crippen molar-refractivity contribution in [2.45, 2.75) is 52.0 Å². The monoisotopic (exact) mass is 254 g/mol. The highest BCUT2D eigenvalue weighted by Crippen LogP contribution is 2.26. The molecular weight excluding hydrogens is 228 g/mol. The van der Waals surface area contributed by atoms with Crippen LogP contribution in [-0.2, 0) is 0 Å². The molecule has 1 atom stereocenters. The molecule has 0 aliphatic heterocycles. The van der Waals surface area contributed by atoms with Gasteiger partial charge in [0.1, 0.15) is 5.84 Å². The molecule has 5 nitrogen and oxygen atoms in total. The quantitative estimate of drug-likeness (QED) is 0.517. The Kier molecular flexibility index (Phi) is 5.95. The average molecular weight is 254 g/mol. The number of urea groups is 1. The number of nitrogens with zero attached hydrogens (tertiary/aromatic N) is 1. The zero-order valence-electron chi connectivity index (χ0n) is 11.5. The number of nitrogens with one attached hydrogen (secondary N) is 2. The van der Waals surface area contributed by atoms with E-state index in [9.17, 15) is 4.79 Å². The molecule has 0 bridgehead atoms. The molecule has 18 heavy (non-hydrogen) atoms. The van der Waals surface area contributed by atoms with Crippen LogP contribution in [0.4, 0.5) is 4.79 Å². The molecule has 0 aromatic heterocycles. The second-order valence-electron chi connectivity index (χ2n) is 4.95. The fraction of sp³-hybridized carbons (Fsp3) is 0.846. The molecule has 1 aliphatic rings. The van der Waals surface area contributed by atoms with Crippen LogP contribution in [0.5, 0.6) is 0 Å². The molecule has 1 aliphatic carbocycles. The van der Waals surface area contributed by atoms with Gasteiger partial charge < -0.3 is 16.0 Å². The van der Waals surface area contributed by atoms with E-state index in [-0.39, 0.29) is 17.9 Å². The van der Waals surface area contributed by atoms with E-state index in [4.69, 9.17) is 11.1 Å². The first-order valence-corrected chi connectivity index (χ1v) is 6.99. The number of amidine groups is 1. The molecule has 1 unspecified atom stereocenters. The molecule has 4 N–H and O–H groups in total. The van der Waals surface area contributed by atoms with Gasteiger partial charge in [0.15, 0.2) is 0 Å². The molecule has 2 amide bonds. The summed E-state index contributed by atoms with van der Waals surface area (Å²) in [5.41, 5.74) is 5.65. The Morgan fingerprint density at radius 2 is 1.89 bits per heavy atom. The maximum absolute atomic E-state index is 12.0. The summed E-state index contributed by atoms with van der Waals surface area (Å²) in [5, 5.41) is 10.6. The van der Waals surface area contributed by atoms with Crippen molar-refractivity contribution in [1.29, 1.82) is 5.41 Å². The Hall–Kier alpha value is -1.26. The zero-order valence-corrected chi connectivity index (χ0v) is 11.5. The van der Waals surface area contributed by atoms with E-state index in [0.717, 1.165) is 12.8 Å². The minimum Gasteiger partial charge on any atom is -0.386 e. The van der Waals surface area contributed by atoms with Crippen LogP contribution < -0.4 is 11.1 Å². The molecule has 1 fully saturated rings. The highest BCUT2D eigenvalue weighted by atomic mass is 16.2. The number of hydrogen-bond acceptors (Lipinski definition) is 2. The van der Waals surface area contributed by atoms with Crippen molar-refractivity contribution < 1.29 is 4.79 Å². The first kappa shape index (κ1) is 14.8. The van der Waals surface area contributed by atoms with Gasteiger partial charge in [-0.1, -0.05) is 19.3 Å². The van der Waals surface area contributed by atoms with Crippen molar-refractivity contribution in [3.05, 3.63) is 0 Å². The number of carbonyl (C=O) groups excluding carboxylic acids is 1. The van der Waals surface area contributed by atoms with Gasteiger partial charge in [-0.2, -0.15) is 0 Å².